The van der Waals surface area contributed by atoms with Crippen molar-refractivity contribution < 1.29 is 9.90 Å². The minimum Gasteiger partial charge on any atom is -0.391 e. The fraction of sp³-hybridized carbons (Fsp3) is 0.500. The maximum atomic E-state index is 11.3. The molecule has 4 rings (SSSR count). The molecule has 1 amide bonds. The van der Waals surface area contributed by atoms with Crippen molar-refractivity contribution in [3.8, 4) is 5.69 Å². The van der Waals surface area contributed by atoms with Gasteiger partial charge in [-0.05, 0) is 48.4 Å². The minimum absolute atomic E-state index is 0.0576. The van der Waals surface area contributed by atoms with E-state index in [9.17, 15) is 9.90 Å². The second-order valence-corrected chi connectivity index (χ2v) is 7.68. The zero-order valence-corrected chi connectivity index (χ0v) is 15.1. The lowest BCUT2D eigenvalue weighted by Gasteiger charge is -2.35. The van der Waals surface area contributed by atoms with Crippen molar-refractivity contribution in [2.75, 3.05) is 13.1 Å². The summed E-state index contributed by atoms with van der Waals surface area (Å²) in [5.74, 6) is 1.01. The van der Waals surface area contributed by atoms with Crippen molar-refractivity contribution >= 4 is 5.91 Å². The Bertz CT molecular complexity index is 761. The molecule has 4 atom stereocenters. The van der Waals surface area contributed by atoms with Gasteiger partial charge in [-0.25, -0.2) is 4.68 Å². The molecule has 1 saturated carbocycles. The zero-order valence-electron chi connectivity index (χ0n) is 15.1. The van der Waals surface area contributed by atoms with Crippen LogP contribution in [0.1, 0.15) is 25.3 Å². The Balaban J connectivity index is 1.40. The average Bonchev–Trinajstić information content (AvgIpc) is 3.24. The molecule has 1 aromatic carbocycles. The SMILES string of the molecule is CC(=O)N[C@@H]1C[C@@H]2CN(Cc3cccc(-n4cccn4)c3)C[C@@H]2C[C@H]1O. The van der Waals surface area contributed by atoms with Crippen molar-refractivity contribution in [2.24, 2.45) is 11.8 Å². The highest BCUT2D eigenvalue weighted by molar-refractivity contribution is 5.73. The van der Waals surface area contributed by atoms with Gasteiger partial charge in [-0.1, -0.05) is 12.1 Å². The first-order valence-corrected chi connectivity index (χ1v) is 9.35. The van der Waals surface area contributed by atoms with Gasteiger partial charge in [0, 0.05) is 39.0 Å². The molecule has 0 radical (unpaired) electrons. The Hall–Kier alpha value is -2.18. The Morgan fingerprint density at radius 1 is 1.27 bits per heavy atom. The van der Waals surface area contributed by atoms with E-state index in [1.54, 1.807) is 6.20 Å². The number of nitrogens with one attached hydrogen (secondary N) is 1. The molecule has 2 aromatic rings. The number of hydrogen-bond acceptors (Lipinski definition) is 4. The summed E-state index contributed by atoms with van der Waals surface area (Å²) in [6, 6.07) is 10.3. The number of aliphatic hydroxyl groups excluding tert-OH is 1. The topological polar surface area (TPSA) is 70.4 Å². The molecule has 138 valence electrons. The summed E-state index contributed by atoms with van der Waals surface area (Å²) in [6.07, 6.45) is 4.96. The fourth-order valence-corrected chi connectivity index (χ4v) is 4.55. The van der Waals surface area contributed by atoms with Gasteiger partial charge < -0.3 is 10.4 Å². The van der Waals surface area contributed by atoms with Crippen LogP contribution in [0, 0.1) is 11.8 Å². The highest BCUT2D eigenvalue weighted by atomic mass is 16.3. The summed E-state index contributed by atoms with van der Waals surface area (Å²) >= 11 is 0. The van der Waals surface area contributed by atoms with Crippen molar-refractivity contribution in [2.45, 2.75) is 38.5 Å². The molecule has 2 aliphatic rings. The molecule has 6 heteroatoms. The summed E-state index contributed by atoms with van der Waals surface area (Å²) in [7, 11) is 0. The molecule has 2 fully saturated rings. The van der Waals surface area contributed by atoms with Crippen molar-refractivity contribution in [3.63, 3.8) is 0 Å². The van der Waals surface area contributed by atoms with E-state index in [1.807, 2.05) is 16.9 Å². The number of carbonyl (C=O) groups is 1. The van der Waals surface area contributed by atoms with Crippen LogP contribution in [0.3, 0.4) is 0 Å². The fourth-order valence-electron chi connectivity index (χ4n) is 4.55. The molecule has 1 aliphatic carbocycles. The largest absolute Gasteiger partial charge is 0.391 e. The predicted octanol–water partition coefficient (Wildman–Crippen LogP) is 1.58. The first kappa shape index (κ1) is 17.2. The summed E-state index contributed by atoms with van der Waals surface area (Å²) in [4.78, 5) is 13.8. The molecule has 0 unspecified atom stereocenters. The molecule has 0 bridgehead atoms. The Kier molecular flexibility index (Phi) is 4.78. The van der Waals surface area contributed by atoms with Crippen LogP contribution in [-0.2, 0) is 11.3 Å². The third kappa shape index (κ3) is 3.66. The second-order valence-electron chi connectivity index (χ2n) is 7.68. The molecular formula is C20H26N4O2. The van der Waals surface area contributed by atoms with Crippen molar-refractivity contribution in [1.82, 2.24) is 20.0 Å². The van der Waals surface area contributed by atoms with Crippen LogP contribution in [0.15, 0.2) is 42.7 Å². The summed E-state index contributed by atoms with van der Waals surface area (Å²) in [6.45, 7) is 4.47. The number of likely N-dealkylation sites (tertiary alicyclic amines) is 1. The number of aliphatic hydroxyl groups is 1. The Labute approximate surface area is 153 Å². The minimum atomic E-state index is -0.428. The van der Waals surface area contributed by atoms with Gasteiger partial charge in [-0.15, -0.1) is 0 Å². The number of amides is 1. The lowest BCUT2D eigenvalue weighted by molar-refractivity contribution is -0.121. The number of fused-ring (bicyclic) bond motifs is 1. The van der Waals surface area contributed by atoms with Gasteiger partial charge in [-0.3, -0.25) is 9.69 Å². The number of hydrogen-bond donors (Lipinski definition) is 2. The number of aromatic nitrogens is 2. The number of nitrogens with zero attached hydrogens (tertiary/aromatic N) is 3. The molecule has 1 aliphatic heterocycles. The molecule has 2 heterocycles. The number of carbonyl (C=O) groups excluding carboxylic acids is 1. The maximum absolute atomic E-state index is 11.3. The first-order chi connectivity index (χ1) is 12.6. The van der Waals surface area contributed by atoms with Crippen LogP contribution in [0.4, 0.5) is 0 Å². The Morgan fingerprint density at radius 3 is 2.81 bits per heavy atom. The molecule has 1 aromatic heterocycles. The summed E-state index contributed by atoms with van der Waals surface area (Å²) in [5.41, 5.74) is 2.35. The average molecular weight is 354 g/mol. The van der Waals surface area contributed by atoms with Crippen LogP contribution in [0.2, 0.25) is 0 Å². The van der Waals surface area contributed by atoms with Crippen molar-refractivity contribution in [1.29, 1.82) is 0 Å². The maximum Gasteiger partial charge on any atom is 0.217 e. The summed E-state index contributed by atoms with van der Waals surface area (Å²) < 4.78 is 1.88. The van der Waals surface area contributed by atoms with E-state index in [0.29, 0.717) is 11.8 Å². The van der Waals surface area contributed by atoms with Gasteiger partial charge in [0.2, 0.25) is 5.91 Å². The van der Waals surface area contributed by atoms with Gasteiger partial charge in [0.15, 0.2) is 0 Å². The quantitative estimate of drug-likeness (QED) is 0.875. The van der Waals surface area contributed by atoms with E-state index >= 15 is 0 Å². The lowest BCUT2D eigenvalue weighted by Crippen LogP contribution is -2.48. The molecule has 2 N–H and O–H groups in total. The molecule has 1 saturated heterocycles. The van der Waals surface area contributed by atoms with E-state index in [-0.39, 0.29) is 11.9 Å². The van der Waals surface area contributed by atoms with E-state index in [4.69, 9.17) is 0 Å². The predicted molar refractivity (Wildman–Crippen MR) is 98.7 cm³/mol. The van der Waals surface area contributed by atoms with Gasteiger partial charge in [0.25, 0.3) is 0 Å². The third-order valence-corrected chi connectivity index (χ3v) is 5.69. The number of benzene rings is 1. The summed E-state index contributed by atoms with van der Waals surface area (Å²) in [5, 5.41) is 17.6. The third-order valence-electron chi connectivity index (χ3n) is 5.69. The normalized spacial score (nSPS) is 28.7. The van der Waals surface area contributed by atoms with Crippen LogP contribution >= 0.6 is 0 Å². The van der Waals surface area contributed by atoms with Crippen LogP contribution < -0.4 is 5.32 Å². The van der Waals surface area contributed by atoms with E-state index < -0.39 is 6.10 Å². The van der Waals surface area contributed by atoms with Gasteiger partial charge in [0.1, 0.15) is 0 Å². The highest BCUT2D eigenvalue weighted by Crippen LogP contribution is 2.37. The first-order valence-electron chi connectivity index (χ1n) is 9.35. The van der Waals surface area contributed by atoms with Gasteiger partial charge >= 0.3 is 0 Å². The van der Waals surface area contributed by atoms with E-state index in [2.05, 4.69) is 39.6 Å². The van der Waals surface area contributed by atoms with Crippen LogP contribution in [0.25, 0.3) is 5.69 Å². The second kappa shape index (κ2) is 7.21. The van der Waals surface area contributed by atoms with E-state index in [0.717, 1.165) is 38.2 Å². The van der Waals surface area contributed by atoms with Crippen molar-refractivity contribution in [3.05, 3.63) is 48.3 Å². The van der Waals surface area contributed by atoms with Crippen LogP contribution in [-0.4, -0.2) is 50.9 Å². The molecule has 26 heavy (non-hydrogen) atoms. The molecule has 0 spiro atoms. The Morgan fingerprint density at radius 2 is 2.08 bits per heavy atom. The molecular weight excluding hydrogens is 328 g/mol. The molecule has 6 nitrogen and oxygen atoms in total. The van der Waals surface area contributed by atoms with E-state index in [1.165, 1.54) is 12.5 Å². The number of rotatable bonds is 4. The monoisotopic (exact) mass is 354 g/mol. The highest BCUT2D eigenvalue weighted by Gasteiger charge is 2.41. The van der Waals surface area contributed by atoms with Crippen LogP contribution in [0.5, 0.6) is 0 Å². The zero-order chi connectivity index (χ0) is 18.1. The smallest absolute Gasteiger partial charge is 0.217 e. The lowest BCUT2D eigenvalue weighted by atomic mass is 9.77. The van der Waals surface area contributed by atoms with Gasteiger partial charge in [0.05, 0.1) is 17.8 Å². The standard InChI is InChI=1S/C20H26N4O2/c1-14(25)22-19-9-16-12-23(13-17(16)10-20(19)26)11-15-4-2-5-18(8-15)24-7-3-6-21-24/h2-8,16-17,19-20,26H,9-13H2,1H3,(H,22,25)/t16-,17+,19-,20-/m1/s1. The van der Waals surface area contributed by atoms with Gasteiger partial charge in [-0.2, -0.15) is 5.10 Å².